The number of thioether (sulfide) groups is 1. The van der Waals surface area contributed by atoms with Gasteiger partial charge in [0.2, 0.25) is 21.8 Å². The lowest BCUT2D eigenvalue weighted by molar-refractivity contribution is -0.139. The van der Waals surface area contributed by atoms with Gasteiger partial charge < -0.3 is 14.7 Å². The Morgan fingerprint density at radius 2 is 1.71 bits per heavy atom. The van der Waals surface area contributed by atoms with Crippen molar-refractivity contribution in [1.29, 1.82) is 0 Å². The molecule has 0 spiro atoms. The molecule has 0 aliphatic carbocycles. The number of aromatic nitrogens is 2. The van der Waals surface area contributed by atoms with Crippen LogP contribution in [0.2, 0.25) is 0 Å². The summed E-state index contributed by atoms with van der Waals surface area (Å²) in [5.41, 5.74) is 3.94. The molecule has 4 aliphatic heterocycles. The van der Waals surface area contributed by atoms with Crippen molar-refractivity contribution in [3.05, 3.63) is 70.4 Å². The van der Waals surface area contributed by atoms with Gasteiger partial charge in [0, 0.05) is 93.0 Å². The molecule has 0 unspecified atom stereocenters. The topological polar surface area (TPSA) is 99.1 Å². The predicted molar refractivity (Wildman–Crippen MR) is 193 cm³/mol. The Bertz CT molecular complexity index is 1930. The van der Waals surface area contributed by atoms with E-state index in [1.165, 1.54) is 22.0 Å². The number of alkyl halides is 3. The zero-order valence-electron chi connectivity index (χ0n) is 29.4. The molecule has 1 aromatic heterocycles. The Kier molecular flexibility index (Phi) is 10.8. The van der Waals surface area contributed by atoms with Gasteiger partial charge in [-0.1, -0.05) is 30.3 Å². The van der Waals surface area contributed by atoms with E-state index in [4.69, 9.17) is 5.10 Å². The van der Waals surface area contributed by atoms with Crippen molar-refractivity contribution < 1.29 is 31.2 Å². The maximum Gasteiger partial charge on any atom is 0.417 e. The van der Waals surface area contributed by atoms with Crippen molar-refractivity contribution >= 4 is 33.6 Å². The Balaban J connectivity index is 1.08. The number of rotatable bonds is 10. The molecule has 0 atom stereocenters. The van der Waals surface area contributed by atoms with E-state index in [1.807, 2.05) is 33.8 Å². The minimum absolute atomic E-state index is 0.0612. The lowest BCUT2D eigenvalue weighted by Crippen LogP contribution is -2.45. The van der Waals surface area contributed by atoms with E-state index in [1.54, 1.807) is 4.90 Å². The maximum atomic E-state index is 14.3. The van der Waals surface area contributed by atoms with Gasteiger partial charge in [-0.3, -0.25) is 14.3 Å². The van der Waals surface area contributed by atoms with Crippen LogP contribution in [0.5, 0.6) is 0 Å². The second-order valence-electron chi connectivity index (χ2n) is 14.3. The number of halogens is 3. The van der Waals surface area contributed by atoms with Gasteiger partial charge in [-0.25, -0.2) is 8.42 Å². The van der Waals surface area contributed by atoms with Crippen LogP contribution in [0.25, 0.3) is 11.3 Å². The molecule has 10 nitrogen and oxygen atoms in total. The highest BCUT2D eigenvalue weighted by Crippen LogP contribution is 2.40. The van der Waals surface area contributed by atoms with E-state index in [2.05, 4.69) is 4.90 Å². The van der Waals surface area contributed by atoms with Crippen molar-refractivity contribution in [2.45, 2.75) is 81.7 Å². The third kappa shape index (κ3) is 8.07. The van der Waals surface area contributed by atoms with Crippen molar-refractivity contribution in [3.63, 3.8) is 0 Å². The van der Waals surface area contributed by atoms with Gasteiger partial charge in [0.1, 0.15) is 0 Å². The zero-order chi connectivity index (χ0) is 36.6. The number of amides is 2. The van der Waals surface area contributed by atoms with Gasteiger partial charge in [-0.2, -0.15) is 22.6 Å². The van der Waals surface area contributed by atoms with Crippen LogP contribution >= 0.6 is 11.8 Å². The SMILES string of the molecule is CS(=O)(=O)N1CCc2c(c(-c3ccc(C(F)(F)F)c(SCC(=O)N4CCc5ccccc5C4)c3)nn2CCCN2CCC(N3CCCC3=O)CC2)C1. The number of piperidine rings is 1. The van der Waals surface area contributed by atoms with Crippen LogP contribution in [0.3, 0.4) is 0 Å². The summed E-state index contributed by atoms with van der Waals surface area (Å²) in [5.74, 6) is -0.102. The number of hydrogen-bond donors (Lipinski definition) is 0. The molecule has 15 heteroatoms. The molecule has 4 aliphatic rings. The van der Waals surface area contributed by atoms with E-state index >= 15 is 0 Å². The van der Waals surface area contributed by atoms with Gasteiger partial charge in [0.25, 0.3) is 0 Å². The third-order valence-corrected chi connectivity index (χ3v) is 13.2. The summed E-state index contributed by atoms with van der Waals surface area (Å²) >= 11 is 0.873. The minimum atomic E-state index is -4.63. The molecule has 2 amide bonds. The first-order chi connectivity index (χ1) is 24.8. The molecular weight excluding hydrogens is 714 g/mol. The summed E-state index contributed by atoms with van der Waals surface area (Å²) in [6.45, 7) is 5.46. The molecule has 5 heterocycles. The van der Waals surface area contributed by atoms with Crippen LogP contribution in [0, 0.1) is 0 Å². The molecule has 0 saturated carbocycles. The summed E-state index contributed by atoms with van der Waals surface area (Å²) in [6.07, 6.45) is 1.99. The highest BCUT2D eigenvalue weighted by molar-refractivity contribution is 8.00. The normalized spacial score (nSPS) is 19.3. The maximum absolute atomic E-state index is 14.3. The van der Waals surface area contributed by atoms with Crippen LogP contribution in [-0.2, 0) is 58.3 Å². The largest absolute Gasteiger partial charge is 0.417 e. The van der Waals surface area contributed by atoms with Crippen molar-refractivity contribution in [2.75, 3.05) is 51.3 Å². The number of carbonyl (C=O) groups excluding carboxylic acids is 2. The Morgan fingerprint density at radius 3 is 2.42 bits per heavy atom. The van der Waals surface area contributed by atoms with Crippen molar-refractivity contribution in [1.82, 2.24) is 28.8 Å². The molecule has 3 aromatic rings. The molecular formula is C37H45F3N6O4S2. The van der Waals surface area contributed by atoms with E-state index in [-0.39, 0.29) is 29.0 Å². The number of likely N-dealkylation sites (tertiary alicyclic amines) is 2. The fourth-order valence-electron chi connectivity index (χ4n) is 8.08. The first-order valence-corrected chi connectivity index (χ1v) is 20.9. The molecule has 2 saturated heterocycles. The van der Waals surface area contributed by atoms with Crippen LogP contribution < -0.4 is 0 Å². The molecule has 52 heavy (non-hydrogen) atoms. The smallest absolute Gasteiger partial charge is 0.340 e. The van der Waals surface area contributed by atoms with E-state index in [0.29, 0.717) is 68.3 Å². The summed E-state index contributed by atoms with van der Waals surface area (Å²) < 4.78 is 71.3. The van der Waals surface area contributed by atoms with Crippen LogP contribution in [0.1, 0.15) is 60.1 Å². The lowest BCUT2D eigenvalue weighted by atomic mass is 10.00. The van der Waals surface area contributed by atoms with E-state index in [9.17, 15) is 31.2 Å². The zero-order valence-corrected chi connectivity index (χ0v) is 31.0. The second-order valence-corrected chi connectivity index (χ2v) is 17.3. The van der Waals surface area contributed by atoms with Crippen LogP contribution in [-0.4, -0.2) is 106 Å². The molecule has 2 aromatic carbocycles. The van der Waals surface area contributed by atoms with Gasteiger partial charge in [-0.05, 0) is 61.9 Å². The average Bonchev–Trinajstić information content (AvgIpc) is 3.72. The summed E-state index contributed by atoms with van der Waals surface area (Å²) in [4.78, 5) is 31.6. The second kappa shape index (κ2) is 15.2. The number of fused-ring (bicyclic) bond motifs is 2. The lowest BCUT2D eigenvalue weighted by Gasteiger charge is -2.36. The number of nitrogens with zero attached hydrogens (tertiary/aromatic N) is 6. The quantitative estimate of drug-likeness (QED) is 0.268. The highest BCUT2D eigenvalue weighted by Gasteiger charge is 2.36. The molecule has 0 radical (unpaired) electrons. The van der Waals surface area contributed by atoms with Gasteiger partial charge in [0.15, 0.2) is 0 Å². The Morgan fingerprint density at radius 1 is 0.942 bits per heavy atom. The van der Waals surface area contributed by atoms with E-state index in [0.717, 1.165) is 87.2 Å². The highest BCUT2D eigenvalue weighted by atomic mass is 32.2. The molecule has 280 valence electrons. The first-order valence-electron chi connectivity index (χ1n) is 18.1. The average molecular weight is 759 g/mol. The number of sulfonamides is 1. The van der Waals surface area contributed by atoms with Gasteiger partial charge >= 0.3 is 6.18 Å². The van der Waals surface area contributed by atoms with Gasteiger partial charge in [-0.15, -0.1) is 11.8 Å². The van der Waals surface area contributed by atoms with Crippen molar-refractivity contribution in [2.24, 2.45) is 0 Å². The molecule has 0 N–H and O–H groups in total. The van der Waals surface area contributed by atoms with Crippen molar-refractivity contribution in [3.8, 4) is 11.3 Å². The number of aryl methyl sites for hydroxylation is 1. The van der Waals surface area contributed by atoms with E-state index < -0.39 is 21.8 Å². The summed E-state index contributed by atoms with van der Waals surface area (Å²) in [5, 5.41) is 4.92. The third-order valence-electron chi connectivity index (χ3n) is 10.9. The summed E-state index contributed by atoms with van der Waals surface area (Å²) in [6, 6.07) is 12.1. The minimum Gasteiger partial charge on any atom is -0.340 e. The number of carbonyl (C=O) groups is 2. The van der Waals surface area contributed by atoms with Crippen LogP contribution in [0.15, 0.2) is 47.4 Å². The number of benzene rings is 2. The first kappa shape index (κ1) is 36.9. The monoisotopic (exact) mass is 758 g/mol. The molecule has 0 bridgehead atoms. The fourth-order valence-corrected chi connectivity index (χ4v) is 9.88. The number of hydrogen-bond acceptors (Lipinski definition) is 7. The predicted octanol–water partition coefficient (Wildman–Crippen LogP) is 5.04. The van der Waals surface area contributed by atoms with Crippen LogP contribution in [0.4, 0.5) is 13.2 Å². The fraction of sp³-hybridized carbons (Fsp3) is 0.541. The van der Waals surface area contributed by atoms with Gasteiger partial charge in [0.05, 0.1) is 23.3 Å². The Labute approximate surface area is 307 Å². The standard InChI is InChI=1S/C37H45F3N6O4S2/c1-52(49,50)44-21-14-32-30(24-44)36(41-46(32)17-5-15-42-18-12-29(13-19-42)45-16-4-8-34(45)47)27-9-10-31(37(38,39)40)33(22-27)51-25-35(48)43-20-11-26-6-2-3-7-28(26)23-43/h2-3,6-7,9-10,22,29H,4-5,8,11-21,23-25H2,1H3. The Hall–Kier alpha value is -3.40. The summed E-state index contributed by atoms with van der Waals surface area (Å²) in [7, 11) is -3.52. The molecule has 2 fully saturated rings. The molecule has 7 rings (SSSR count).